The molecule has 0 aromatic carbocycles. The van der Waals surface area contributed by atoms with Crippen molar-refractivity contribution in [1.82, 2.24) is 15.1 Å². The Morgan fingerprint density at radius 2 is 2.00 bits per heavy atom. The van der Waals surface area contributed by atoms with E-state index in [0.29, 0.717) is 13.0 Å². The molecule has 1 atom stereocenters. The molecule has 1 rings (SSSR count). The second-order valence-electron chi connectivity index (χ2n) is 5.53. The molecule has 0 spiro atoms. The van der Waals surface area contributed by atoms with Gasteiger partial charge in [-0.1, -0.05) is 13.8 Å². The summed E-state index contributed by atoms with van der Waals surface area (Å²) < 4.78 is 0. The lowest BCUT2D eigenvalue weighted by Gasteiger charge is -2.35. The predicted molar refractivity (Wildman–Crippen MR) is 82.4 cm³/mol. The lowest BCUT2D eigenvalue weighted by molar-refractivity contribution is -0.137. The number of carbonyl (C=O) groups excluding carboxylic acids is 1. The van der Waals surface area contributed by atoms with E-state index in [1.54, 1.807) is 0 Å². The van der Waals surface area contributed by atoms with Crippen LogP contribution in [0.4, 0.5) is 4.79 Å². The maximum absolute atomic E-state index is 12.3. The molecule has 2 N–H and O–H groups in total. The Bertz CT molecular complexity index is 332. The molecule has 21 heavy (non-hydrogen) atoms. The number of carboxylic acids is 1. The van der Waals surface area contributed by atoms with Crippen molar-refractivity contribution in [2.75, 3.05) is 32.7 Å². The summed E-state index contributed by atoms with van der Waals surface area (Å²) in [6, 6.07) is 0.0283. The third-order valence-corrected chi connectivity index (χ3v) is 4.18. The third-order valence-electron chi connectivity index (χ3n) is 4.18. The topological polar surface area (TPSA) is 72.9 Å². The largest absolute Gasteiger partial charge is 0.481 e. The first-order chi connectivity index (χ1) is 10.1. The molecular formula is C15H29N3O3. The number of urea groups is 1. The number of piperidine rings is 1. The number of carbonyl (C=O) groups is 2. The summed E-state index contributed by atoms with van der Waals surface area (Å²) in [5, 5.41) is 11.8. The van der Waals surface area contributed by atoms with Gasteiger partial charge in [0.1, 0.15) is 0 Å². The van der Waals surface area contributed by atoms with Crippen molar-refractivity contribution in [3.63, 3.8) is 0 Å². The van der Waals surface area contributed by atoms with Crippen molar-refractivity contribution in [3.8, 4) is 0 Å². The lowest BCUT2D eigenvalue weighted by Crippen LogP contribution is -2.50. The van der Waals surface area contributed by atoms with E-state index >= 15 is 0 Å². The maximum atomic E-state index is 12.3. The van der Waals surface area contributed by atoms with Crippen LogP contribution in [0.5, 0.6) is 0 Å². The first kappa shape index (κ1) is 17.8. The van der Waals surface area contributed by atoms with Crippen molar-refractivity contribution < 1.29 is 14.7 Å². The molecular weight excluding hydrogens is 270 g/mol. The Balaban J connectivity index is 2.39. The minimum absolute atomic E-state index is 0.0442. The molecule has 0 aromatic heterocycles. The van der Waals surface area contributed by atoms with Gasteiger partial charge in [-0.2, -0.15) is 0 Å². The van der Waals surface area contributed by atoms with E-state index in [0.717, 1.165) is 45.4 Å². The summed E-state index contributed by atoms with van der Waals surface area (Å²) >= 11 is 0. The number of hydrogen-bond acceptors (Lipinski definition) is 3. The molecule has 0 saturated carbocycles. The molecule has 1 saturated heterocycles. The van der Waals surface area contributed by atoms with Crippen molar-refractivity contribution in [2.45, 2.75) is 52.0 Å². The van der Waals surface area contributed by atoms with Gasteiger partial charge in [-0.15, -0.1) is 0 Å². The summed E-state index contributed by atoms with van der Waals surface area (Å²) in [5.41, 5.74) is 0. The molecule has 0 radical (unpaired) electrons. The van der Waals surface area contributed by atoms with Crippen LogP contribution in [-0.4, -0.2) is 65.7 Å². The summed E-state index contributed by atoms with van der Waals surface area (Å²) in [6.07, 6.45) is 3.68. The van der Waals surface area contributed by atoms with Gasteiger partial charge < -0.3 is 20.2 Å². The molecule has 0 aliphatic carbocycles. The number of hydrogen-bond donors (Lipinski definition) is 2. The zero-order chi connectivity index (χ0) is 15.7. The average molecular weight is 299 g/mol. The third kappa shape index (κ3) is 6.33. The molecule has 122 valence electrons. The van der Waals surface area contributed by atoms with E-state index < -0.39 is 5.97 Å². The number of nitrogens with zero attached hydrogens (tertiary/aromatic N) is 2. The summed E-state index contributed by atoms with van der Waals surface area (Å²) in [4.78, 5) is 27.1. The monoisotopic (exact) mass is 299 g/mol. The summed E-state index contributed by atoms with van der Waals surface area (Å²) in [7, 11) is 0. The number of amides is 2. The van der Waals surface area contributed by atoms with E-state index in [4.69, 9.17) is 5.11 Å². The number of likely N-dealkylation sites (tertiary alicyclic amines) is 1. The highest BCUT2D eigenvalue weighted by molar-refractivity contribution is 5.74. The zero-order valence-electron chi connectivity index (χ0n) is 13.3. The first-order valence-corrected chi connectivity index (χ1v) is 8.07. The Morgan fingerprint density at radius 1 is 1.29 bits per heavy atom. The summed E-state index contributed by atoms with van der Waals surface area (Å²) in [6.45, 7) is 8.42. The van der Waals surface area contributed by atoms with Gasteiger partial charge in [-0.3, -0.25) is 4.79 Å². The molecule has 6 heteroatoms. The number of carboxylic acid groups (broad SMARTS) is 1. The Labute approximate surface area is 127 Å². The minimum Gasteiger partial charge on any atom is -0.481 e. The molecule has 1 aliphatic heterocycles. The van der Waals surface area contributed by atoms with Crippen molar-refractivity contribution >= 4 is 12.0 Å². The second kappa shape index (κ2) is 9.60. The van der Waals surface area contributed by atoms with Crippen LogP contribution in [0.25, 0.3) is 0 Å². The van der Waals surface area contributed by atoms with E-state index in [1.165, 1.54) is 0 Å². The maximum Gasteiger partial charge on any atom is 0.317 e. The van der Waals surface area contributed by atoms with Gasteiger partial charge in [0.25, 0.3) is 0 Å². The molecule has 2 amide bonds. The SMILES string of the molecule is CCN(CC)CCNC(=O)N1CCCCC1CCC(=O)O. The van der Waals surface area contributed by atoms with Gasteiger partial charge in [0, 0.05) is 32.1 Å². The van der Waals surface area contributed by atoms with Crippen LogP contribution < -0.4 is 5.32 Å². The van der Waals surface area contributed by atoms with Crippen molar-refractivity contribution in [2.24, 2.45) is 0 Å². The standard InChI is InChI=1S/C15H29N3O3/c1-3-17(4-2)12-10-16-15(21)18-11-6-5-7-13(18)8-9-14(19)20/h13H,3-12H2,1-2H3,(H,16,21)(H,19,20). The van der Waals surface area contributed by atoms with Crippen LogP contribution in [0.15, 0.2) is 0 Å². The molecule has 0 aromatic rings. The van der Waals surface area contributed by atoms with Gasteiger partial charge in [-0.25, -0.2) is 4.79 Å². The van der Waals surface area contributed by atoms with Gasteiger partial charge >= 0.3 is 12.0 Å². The molecule has 1 unspecified atom stereocenters. The normalized spacial score (nSPS) is 18.8. The Hall–Kier alpha value is -1.30. The molecule has 1 fully saturated rings. The molecule has 1 aliphatic rings. The van der Waals surface area contributed by atoms with E-state index in [1.807, 2.05) is 4.90 Å². The minimum atomic E-state index is -0.789. The Morgan fingerprint density at radius 3 is 2.62 bits per heavy atom. The molecule has 0 bridgehead atoms. The summed E-state index contributed by atoms with van der Waals surface area (Å²) in [5.74, 6) is -0.789. The van der Waals surface area contributed by atoms with Crippen LogP contribution in [0.1, 0.15) is 46.0 Å². The highest BCUT2D eigenvalue weighted by Crippen LogP contribution is 2.20. The highest BCUT2D eigenvalue weighted by Gasteiger charge is 2.26. The van der Waals surface area contributed by atoms with Gasteiger partial charge in [0.05, 0.1) is 0 Å². The van der Waals surface area contributed by atoms with E-state index in [9.17, 15) is 9.59 Å². The quantitative estimate of drug-likeness (QED) is 0.716. The van der Waals surface area contributed by atoms with Crippen molar-refractivity contribution in [3.05, 3.63) is 0 Å². The van der Waals surface area contributed by atoms with Crippen LogP contribution >= 0.6 is 0 Å². The van der Waals surface area contributed by atoms with Crippen LogP contribution in [0, 0.1) is 0 Å². The number of aliphatic carboxylic acids is 1. The van der Waals surface area contributed by atoms with E-state index in [-0.39, 0.29) is 18.5 Å². The smallest absolute Gasteiger partial charge is 0.317 e. The van der Waals surface area contributed by atoms with Gasteiger partial charge in [0.2, 0.25) is 0 Å². The van der Waals surface area contributed by atoms with Crippen molar-refractivity contribution in [1.29, 1.82) is 0 Å². The van der Waals surface area contributed by atoms with Gasteiger partial charge in [-0.05, 0) is 38.8 Å². The van der Waals surface area contributed by atoms with Crippen LogP contribution in [0.2, 0.25) is 0 Å². The predicted octanol–water partition coefficient (Wildman–Crippen LogP) is 1.76. The number of likely N-dealkylation sites (N-methyl/N-ethyl adjacent to an activating group) is 1. The number of rotatable bonds is 8. The zero-order valence-corrected chi connectivity index (χ0v) is 13.3. The van der Waals surface area contributed by atoms with Crippen LogP contribution in [-0.2, 0) is 4.79 Å². The lowest BCUT2D eigenvalue weighted by atomic mass is 9.98. The average Bonchev–Trinajstić information content (AvgIpc) is 2.49. The van der Waals surface area contributed by atoms with E-state index in [2.05, 4.69) is 24.1 Å². The highest BCUT2D eigenvalue weighted by atomic mass is 16.4. The first-order valence-electron chi connectivity index (χ1n) is 8.07. The Kier molecular flexibility index (Phi) is 8.12. The molecule has 6 nitrogen and oxygen atoms in total. The second-order valence-corrected chi connectivity index (χ2v) is 5.53. The fourth-order valence-electron chi connectivity index (χ4n) is 2.82. The number of nitrogens with one attached hydrogen (secondary N) is 1. The van der Waals surface area contributed by atoms with Crippen LogP contribution in [0.3, 0.4) is 0 Å². The van der Waals surface area contributed by atoms with Gasteiger partial charge in [0.15, 0.2) is 0 Å². The molecule has 1 heterocycles. The fourth-order valence-corrected chi connectivity index (χ4v) is 2.82. The fraction of sp³-hybridized carbons (Fsp3) is 0.867.